The van der Waals surface area contributed by atoms with E-state index in [1.165, 1.54) is 36.4 Å². The first-order chi connectivity index (χ1) is 18.3. The van der Waals surface area contributed by atoms with Crippen molar-refractivity contribution in [2.45, 2.75) is 25.5 Å². The molecule has 0 bridgehead atoms. The van der Waals surface area contributed by atoms with E-state index in [4.69, 9.17) is 14.3 Å². The van der Waals surface area contributed by atoms with E-state index >= 15 is 0 Å². The molecule has 0 radical (unpaired) electrons. The monoisotopic (exact) mass is 519 g/mol. The van der Waals surface area contributed by atoms with Crippen LogP contribution in [0.25, 0.3) is 0 Å². The number of nitro groups is 1. The molecule has 11 heteroatoms. The molecule has 0 spiro atoms. The second-order valence-electron chi connectivity index (χ2n) is 8.88. The number of benzene rings is 3. The number of nitro benzene ring substituents is 1. The molecule has 0 saturated carbocycles. The summed E-state index contributed by atoms with van der Waals surface area (Å²) in [6, 6.07) is 16.1. The predicted molar refractivity (Wildman–Crippen MR) is 136 cm³/mol. The number of carbonyl (C=O) groups excluding carboxylic acids is 2. The number of phenols is 1. The lowest BCUT2D eigenvalue weighted by Crippen LogP contribution is -2.37. The van der Waals surface area contributed by atoms with Gasteiger partial charge in [-0.1, -0.05) is 19.1 Å². The van der Waals surface area contributed by atoms with Gasteiger partial charge in [-0.05, 0) is 54.4 Å². The molecule has 2 aliphatic rings. The van der Waals surface area contributed by atoms with Crippen molar-refractivity contribution in [3.05, 3.63) is 82.4 Å². The van der Waals surface area contributed by atoms with Crippen LogP contribution in [0, 0.1) is 16.0 Å². The maximum Gasteiger partial charge on any atom is 0.271 e. The Morgan fingerprint density at radius 1 is 1.03 bits per heavy atom. The molecule has 2 amide bonds. The number of imide groups is 1. The largest absolute Gasteiger partial charge is 0.504 e. The number of nitrogens with zero attached hydrogens (tertiary/aromatic N) is 3. The molecular weight excluding hydrogens is 494 g/mol. The zero-order valence-electron chi connectivity index (χ0n) is 20.6. The summed E-state index contributed by atoms with van der Waals surface area (Å²) in [5.74, 6) is -1.31. The van der Waals surface area contributed by atoms with Gasteiger partial charge in [0.15, 0.2) is 17.6 Å². The van der Waals surface area contributed by atoms with Crippen LogP contribution in [0.15, 0.2) is 66.7 Å². The van der Waals surface area contributed by atoms with Crippen LogP contribution >= 0.6 is 0 Å². The highest BCUT2D eigenvalue weighted by molar-refractivity contribution is 6.24. The third-order valence-corrected chi connectivity index (χ3v) is 6.52. The number of hydrogen-bond donors (Lipinski definition) is 1. The van der Waals surface area contributed by atoms with E-state index in [0.29, 0.717) is 29.3 Å². The van der Waals surface area contributed by atoms with Crippen LogP contribution in [-0.2, 0) is 14.4 Å². The quantitative estimate of drug-likeness (QED) is 0.265. The third-order valence-electron chi connectivity index (χ3n) is 6.52. The summed E-state index contributed by atoms with van der Waals surface area (Å²) in [5, 5.41) is 22.9. The van der Waals surface area contributed by atoms with Gasteiger partial charge < -0.3 is 14.6 Å². The van der Waals surface area contributed by atoms with Crippen molar-refractivity contribution in [2.75, 3.05) is 23.7 Å². The molecular formula is C27H25N3O8. The average molecular weight is 520 g/mol. The number of hydrogen-bond acceptors (Lipinski definition) is 9. The standard InChI is InChI=1S/C27H25N3O8/c1-3-13-37-20-10-8-17(9-11-20)28-26(32)23-24(16-7-12-21(31)22(14-16)36-2)29(38-25(23)27(28)33)18-5-4-6-19(15-18)30(34)35/h4-12,14-15,23-25,31H,3,13H2,1-2H3/t23-,24+,25+/m0/s1. The molecule has 2 saturated heterocycles. The van der Waals surface area contributed by atoms with Crippen LogP contribution in [0.3, 0.4) is 0 Å². The highest BCUT2D eigenvalue weighted by atomic mass is 16.7. The van der Waals surface area contributed by atoms with Crippen molar-refractivity contribution in [3.8, 4) is 17.2 Å². The van der Waals surface area contributed by atoms with Gasteiger partial charge in [0.1, 0.15) is 11.7 Å². The molecule has 2 fully saturated rings. The Hall–Kier alpha value is -4.64. The lowest BCUT2D eigenvalue weighted by Gasteiger charge is -2.29. The minimum absolute atomic E-state index is 0.102. The van der Waals surface area contributed by atoms with Crippen LogP contribution in [0.4, 0.5) is 17.1 Å². The number of anilines is 2. The van der Waals surface area contributed by atoms with E-state index in [0.717, 1.165) is 11.3 Å². The van der Waals surface area contributed by atoms with Gasteiger partial charge in [0.05, 0.1) is 36.1 Å². The normalized spacial score (nSPS) is 20.5. The Morgan fingerprint density at radius 3 is 2.47 bits per heavy atom. The van der Waals surface area contributed by atoms with Crippen LogP contribution in [0.2, 0.25) is 0 Å². The van der Waals surface area contributed by atoms with Crippen molar-refractivity contribution in [1.29, 1.82) is 0 Å². The summed E-state index contributed by atoms with van der Waals surface area (Å²) >= 11 is 0. The van der Waals surface area contributed by atoms with Gasteiger partial charge in [0.25, 0.3) is 11.6 Å². The minimum atomic E-state index is -1.16. The maximum absolute atomic E-state index is 13.8. The zero-order chi connectivity index (χ0) is 27.0. The molecule has 0 unspecified atom stereocenters. The molecule has 0 aliphatic carbocycles. The molecule has 3 aromatic rings. The van der Waals surface area contributed by atoms with Crippen LogP contribution in [0.1, 0.15) is 24.9 Å². The lowest BCUT2D eigenvalue weighted by molar-refractivity contribution is -0.384. The molecule has 3 atom stereocenters. The molecule has 3 aromatic carbocycles. The van der Waals surface area contributed by atoms with E-state index in [1.54, 1.807) is 42.5 Å². The van der Waals surface area contributed by atoms with E-state index < -0.39 is 34.8 Å². The van der Waals surface area contributed by atoms with Crippen LogP contribution in [0.5, 0.6) is 17.2 Å². The molecule has 0 aromatic heterocycles. The summed E-state index contributed by atoms with van der Waals surface area (Å²) in [7, 11) is 1.39. The van der Waals surface area contributed by atoms with Crippen molar-refractivity contribution < 1.29 is 33.9 Å². The summed E-state index contributed by atoms with van der Waals surface area (Å²) in [6.07, 6.45) is -0.321. The Labute approximate surface area is 217 Å². The highest BCUT2D eigenvalue weighted by Crippen LogP contribution is 2.49. The lowest BCUT2D eigenvalue weighted by atomic mass is 9.90. The Morgan fingerprint density at radius 2 is 1.79 bits per heavy atom. The molecule has 2 heterocycles. The molecule has 196 valence electrons. The number of rotatable bonds is 8. The van der Waals surface area contributed by atoms with Gasteiger partial charge in [-0.15, -0.1) is 0 Å². The molecule has 1 N–H and O–H groups in total. The number of amides is 2. The minimum Gasteiger partial charge on any atom is -0.504 e. The fraction of sp³-hybridized carbons (Fsp3) is 0.259. The van der Waals surface area contributed by atoms with E-state index in [1.807, 2.05) is 6.92 Å². The van der Waals surface area contributed by atoms with Crippen molar-refractivity contribution in [1.82, 2.24) is 0 Å². The van der Waals surface area contributed by atoms with Gasteiger partial charge in [0, 0.05) is 12.1 Å². The van der Waals surface area contributed by atoms with E-state index in [-0.39, 0.29) is 17.2 Å². The van der Waals surface area contributed by atoms with Gasteiger partial charge in [-0.3, -0.25) is 24.5 Å². The van der Waals surface area contributed by atoms with E-state index in [2.05, 4.69) is 0 Å². The number of aromatic hydroxyl groups is 1. The summed E-state index contributed by atoms with van der Waals surface area (Å²) in [4.78, 5) is 45.3. The van der Waals surface area contributed by atoms with Gasteiger partial charge in [0.2, 0.25) is 5.91 Å². The summed E-state index contributed by atoms with van der Waals surface area (Å²) < 4.78 is 10.8. The Balaban J connectivity index is 1.55. The van der Waals surface area contributed by atoms with Crippen LogP contribution in [-0.4, -0.2) is 41.7 Å². The fourth-order valence-corrected chi connectivity index (χ4v) is 4.76. The second-order valence-corrected chi connectivity index (χ2v) is 8.88. The number of methoxy groups -OCH3 is 1. The number of carbonyl (C=O) groups is 2. The molecule has 11 nitrogen and oxygen atoms in total. The first-order valence-corrected chi connectivity index (χ1v) is 12.0. The van der Waals surface area contributed by atoms with Gasteiger partial charge in [-0.25, -0.2) is 9.96 Å². The molecule has 2 aliphatic heterocycles. The number of non-ortho nitro benzene ring substituents is 1. The predicted octanol–water partition coefficient (Wildman–Crippen LogP) is 4.15. The fourth-order valence-electron chi connectivity index (χ4n) is 4.76. The third kappa shape index (κ3) is 4.26. The highest BCUT2D eigenvalue weighted by Gasteiger charge is 2.60. The zero-order valence-corrected chi connectivity index (χ0v) is 20.6. The topological polar surface area (TPSA) is 132 Å². The van der Waals surface area contributed by atoms with Crippen molar-refractivity contribution >= 4 is 28.9 Å². The van der Waals surface area contributed by atoms with Crippen LogP contribution < -0.4 is 19.4 Å². The summed E-state index contributed by atoms with van der Waals surface area (Å²) in [6.45, 7) is 2.54. The summed E-state index contributed by atoms with van der Waals surface area (Å²) in [5.41, 5.74) is 1.03. The second kappa shape index (κ2) is 10.0. The molecule has 38 heavy (non-hydrogen) atoms. The smallest absolute Gasteiger partial charge is 0.271 e. The maximum atomic E-state index is 13.8. The van der Waals surface area contributed by atoms with Crippen molar-refractivity contribution in [3.63, 3.8) is 0 Å². The van der Waals surface area contributed by atoms with Gasteiger partial charge in [-0.2, -0.15) is 0 Å². The molecule has 5 rings (SSSR count). The van der Waals surface area contributed by atoms with Gasteiger partial charge >= 0.3 is 0 Å². The van der Waals surface area contributed by atoms with Crippen molar-refractivity contribution in [2.24, 2.45) is 5.92 Å². The number of ether oxygens (including phenoxy) is 2. The first-order valence-electron chi connectivity index (χ1n) is 12.0. The Kier molecular flexibility index (Phi) is 6.60. The number of phenolic OH excluding ortho intramolecular Hbond substituents is 1. The SMILES string of the molecule is CCCOc1ccc(N2C(=O)[C@H]3[C@@H](c4ccc(O)c(OC)c4)N(c4cccc([N+](=O)[O-])c4)O[C@H]3C2=O)cc1. The average Bonchev–Trinajstić information content (AvgIpc) is 3.44. The number of fused-ring (bicyclic) bond motifs is 1. The Bertz CT molecular complexity index is 1390. The van der Waals surface area contributed by atoms with E-state index in [9.17, 15) is 24.8 Å². The number of hydroxylamine groups is 1. The first kappa shape index (κ1) is 25.0.